The molecule has 0 radical (unpaired) electrons. The Morgan fingerprint density at radius 1 is 0.299 bits per heavy atom. The number of benzene rings is 11. The third kappa shape index (κ3) is 6.18. The number of hydrogen-bond donors (Lipinski definition) is 0. The van der Waals surface area contributed by atoms with E-state index in [9.17, 15) is 0 Å². The fourth-order valence-electron chi connectivity index (χ4n) is 11.1. The lowest BCUT2D eigenvalue weighted by atomic mass is 9.68. The van der Waals surface area contributed by atoms with E-state index in [1.54, 1.807) is 0 Å². The van der Waals surface area contributed by atoms with Crippen molar-refractivity contribution < 1.29 is 0 Å². The second kappa shape index (κ2) is 15.8. The Morgan fingerprint density at radius 3 is 1.46 bits per heavy atom. The first-order valence-electron chi connectivity index (χ1n) is 23.2. The van der Waals surface area contributed by atoms with Gasteiger partial charge in [-0.3, -0.25) is 0 Å². The number of anilines is 3. The van der Waals surface area contributed by atoms with Gasteiger partial charge in [-0.15, -0.1) is 0 Å². The minimum absolute atomic E-state index is 0.465. The van der Waals surface area contributed by atoms with Gasteiger partial charge in [0.05, 0.1) is 16.4 Å². The van der Waals surface area contributed by atoms with Crippen LogP contribution in [0.1, 0.15) is 22.3 Å². The lowest BCUT2D eigenvalue weighted by Gasteiger charge is -2.34. The molecule has 1 heterocycles. The Hall–Kier alpha value is -8.72. The summed E-state index contributed by atoms with van der Waals surface area (Å²) in [6.07, 6.45) is 0. The van der Waals surface area contributed by atoms with Gasteiger partial charge in [-0.25, -0.2) is 0 Å². The van der Waals surface area contributed by atoms with Crippen LogP contribution in [0.25, 0.3) is 71.6 Å². The molecule has 11 aromatic carbocycles. The first-order chi connectivity index (χ1) is 33.2. The number of aromatic nitrogens is 1. The van der Waals surface area contributed by atoms with Crippen LogP contribution in [0.3, 0.4) is 0 Å². The Kier molecular flexibility index (Phi) is 9.11. The Bertz CT molecular complexity index is 3720. The van der Waals surface area contributed by atoms with Crippen LogP contribution in [-0.4, -0.2) is 4.57 Å². The molecule has 314 valence electrons. The smallest absolute Gasteiger partial charge is 0.0713 e. The van der Waals surface area contributed by atoms with E-state index in [1.165, 1.54) is 88.2 Å². The van der Waals surface area contributed by atoms with Gasteiger partial charge in [0.25, 0.3) is 0 Å². The summed E-state index contributed by atoms with van der Waals surface area (Å²) in [5.41, 5.74) is 18.8. The van der Waals surface area contributed by atoms with E-state index in [2.05, 4.69) is 276 Å². The molecular weight excluding hydrogens is 809 g/mol. The predicted molar refractivity (Wildman–Crippen MR) is 281 cm³/mol. The summed E-state index contributed by atoms with van der Waals surface area (Å²) in [6, 6.07) is 97.9. The van der Waals surface area contributed by atoms with Crippen molar-refractivity contribution in [3.05, 3.63) is 289 Å². The molecule has 0 spiro atoms. The minimum atomic E-state index is -0.465. The molecule has 0 unspecified atom stereocenters. The van der Waals surface area contributed by atoms with Crippen molar-refractivity contribution in [2.75, 3.05) is 4.90 Å². The summed E-state index contributed by atoms with van der Waals surface area (Å²) in [7, 11) is 0. The third-order valence-corrected chi connectivity index (χ3v) is 14.1. The van der Waals surface area contributed by atoms with Crippen molar-refractivity contribution in [3.8, 4) is 39.1 Å². The quantitative estimate of drug-likeness (QED) is 0.148. The molecule has 0 saturated heterocycles. The zero-order chi connectivity index (χ0) is 44.3. The molecule has 1 aliphatic carbocycles. The second-order valence-electron chi connectivity index (χ2n) is 17.6. The minimum Gasteiger partial charge on any atom is -0.311 e. The van der Waals surface area contributed by atoms with Crippen LogP contribution < -0.4 is 4.90 Å². The zero-order valence-corrected chi connectivity index (χ0v) is 36.8. The maximum absolute atomic E-state index is 2.39. The molecule has 12 aromatic rings. The molecule has 0 saturated carbocycles. The number of nitrogens with zero attached hydrogens (tertiary/aromatic N) is 2. The van der Waals surface area contributed by atoms with E-state index in [1.807, 2.05) is 0 Å². The van der Waals surface area contributed by atoms with Crippen LogP contribution in [0.2, 0.25) is 0 Å². The third-order valence-electron chi connectivity index (χ3n) is 14.1. The van der Waals surface area contributed by atoms with E-state index in [-0.39, 0.29) is 0 Å². The van der Waals surface area contributed by atoms with Crippen molar-refractivity contribution >= 4 is 49.6 Å². The van der Waals surface area contributed by atoms with Crippen molar-refractivity contribution in [2.24, 2.45) is 0 Å². The molecular formula is C65H44N2. The highest BCUT2D eigenvalue weighted by molar-refractivity contribution is 6.10. The van der Waals surface area contributed by atoms with Gasteiger partial charge in [0.2, 0.25) is 0 Å². The average molecular weight is 853 g/mol. The maximum atomic E-state index is 2.39. The molecule has 1 aliphatic rings. The lowest BCUT2D eigenvalue weighted by Crippen LogP contribution is -2.28. The molecule has 2 nitrogen and oxygen atoms in total. The fraction of sp³-hybridized carbons (Fsp3) is 0.0154. The molecule has 0 N–H and O–H groups in total. The largest absolute Gasteiger partial charge is 0.311 e. The SMILES string of the molecule is c1ccc(-n2c3ccccc3c3ccc(-c4ccc(N(c5ccc(-c6cccc7ccccc67)cc5)c5ccc(C6(c7ccccc7)c7ccccc7-c7ccccc76)cc5)cc4)cc32)cc1. The molecule has 0 amide bonds. The molecule has 0 atom stereocenters. The molecule has 0 fully saturated rings. The summed E-state index contributed by atoms with van der Waals surface area (Å²) in [6.45, 7) is 0. The Balaban J connectivity index is 0.938. The van der Waals surface area contributed by atoms with Gasteiger partial charge in [0.1, 0.15) is 0 Å². The normalized spacial score (nSPS) is 12.6. The lowest BCUT2D eigenvalue weighted by molar-refractivity contribution is 0.768. The summed E-state index contributed by atoms with van der Waals surface area (Å²) >= 11 is 0. The molecule has 67 heavy (non-hydrogen) atoms. The van der Waals surface area contributed by atoms with Gasteiger partial charge < -0.3 is 9.47 Å². The molecule has 1 aromatic heterocycles. The molecule has 0 bridgehead atoms. The van der Waals surface area contributed by atoms with E-state index < -0.39 is 5.41 Å². The standard InChI is InChI=1S/C65H44N2/c1-3-18-49(19-4-1)65(61-27-12-9-23-57(61)58-24-10-13-28-62(58)65)50-35-41-54(42-36-50)66(53-39-32-47(33-40-53)56-26-15-17-46-16-7-8-22-55(46)56)52-37-30-45(31-38-52)48-34-43-60-59-25-11-14-29-63(59)67(64(60)44-48)51-20-5-2-6-21-51/h1-44H. The first kappa shape index (κ1) is 38.7. The van der Waals surface area contributed by atoms with Crippen molar-refractivity contribution in [2.45, 2.75) is 5.41 Å². The summed E-state index contributed by atoms with van der Waals surface area (Å²) in [5, 5.41) is 5.00. The predicted octanol–water partition coefficient (Wildman–Crippen LogP) is 17.1. The highest BCUT2D eigenvalue weighted by atomic mass is 15.1. The van der Waals surface area contributed by atoms with Gasteiger partial charge >= 0.3 is 0 Å². The number of hydrogen-bond acceptors (Lipinski definition) is 1. The van der Waals surface area contributed by atoms with E-state index in [0.29, 0.717) is 0 Å². The van der Waals surface area contributed by atoms with Crippen molar-refractivity contribution in [1.29, 1.82) is 0 Å². The maximum Gasteiger partial charge on any atom is 0.0713 e. The van der Waals surface area contributed by atoms with Crippen LogP contribution in [0.4, 0.5) is 17.1 Å². The average Bonchev–Trinajstić information content (AvgIpc) is 3.90. The topological polar surface area (TPSA) is 8.17 Å². The van der Waals surface area contributed by atoms with Gasteiger partial charge in [0, 0.05) is 33.5 Å². The molecule has 0 aliphatic heterocycles. The van der Waals surface area contributed by atoms with Crippen LogP contribution >= 0.6 is 0 Å². The number of fused-ring (bicyclic) bond motifs is 7. The van der Waals surface area contributed by atoms with Crippen LogP contribution in [-0.2, 0) is 5.41 Å². The van der Waals surface area contributed by atoms with Crippen molar-refractivity contribution in [1.82, 2.24) is 4.57 Å². The molecule has 13 rings (SSSR count). The van der Waals surface area contributed by atoms with E-state index >= 15 is 0 Å². The van der Waals surface area contributed by atoms with Gasteiger partial charge in [-0.2, -0.15) is 0 Å². The Morgan fingerprint density at radius 2 is 0.776 bits per heavy atom. The summed E-state index contributed by atoms with van der Waals surface area (Å²) < 4.78 is 2.39. The number of rotatable bonds is 8. The van der Waals surface area contributed by atoms with Gasteiger partial charge in [-0.1, -0.05) is 206 Å². The highest BCUT2D eigenvalue weighted by Gasteiger charge is 2.45. The molecule has 2 heteroatoms. The highest BCUT2D eigenvalue weighted by Crippen LogP contribution is 2.56. The van der Waals surface area contributed by atoms with E-state index in [0.717, 1.165) is 22.7 Å². The van der Waals surface area contributed by atoms with Crippen LogP contribution in [0.5, 0.6) is 0 Å². The monoisotopic (exact) mass is 852 g/mol. The number of para-hydroxylation sites is 2. The van der Waals surface area contributed by atoms with Crippen LogP contribution in [0, 0.1) is 0 Å². The van der Waals surface area contributed by atoms with Gasteiger partial charge in [-0.05, 0) is 127 Å². The Labute approximate surface area is 390 Å². The summed E-state index contributed by atoms with van der Waals surface area (Å²) in [5.74, 6) is 0. The second-order valence-corrected chi connectivity index (χ2v) is 17.6. The van der Waals surface area contributed by atoms with Crippen molar-refractivity contribution in [3.63, 3.8) is 0 Å². The first-order valence-corrected chi connectivity index (χ1v) is 23.2. The fourth-order valence-corrected chi connectivity index (χ4v) is 11.1. The van der Waals surface area contributed by atoms with Gasteiger partial charge in [0.15, 0.2) is 0 Å². The van der Waals surface area contributed by atoms with Crippen LogP contribution in [0.15, 0.2) is 267 Å². The zero-order valence-electron chi connectivity index (χ0n) is 36.8. The summed E-state index contributed by atoms with van der Waals surface area (Å²) in [4.78, 5) is 2.39. The van der Waals surface area contributed by atoms with E-state index in [4.69, 9.17) is 0 Å².